The molecule has 0 bridgehead atoms. The van der Waals surface area contributed by atoms with Gasteiger partial charge in [-0.2, -0.15) is 0 Å². The molecule has 2 aliphatic rings. The van der Waals surface area contributed by atoms with Gasteiger partial charge in [0.1, 0.15) is 0 Å². The minimum Gasteiger partial charge on any atom is -0.449 e. The van der Waals surface area contributed by atoms with Crippen molar-refractivity contribution in [2.45, 2.75) is 25.7 Å². The summed E-state index contributed by atoms with van der Waals surface area (Å²) in [5, 5.41) is 0. The van der Waals surface area contributed by atoms with Gasteiger partial charge >= 0.3 is 6.09 Å². The lowest BCUT2D eigenvalue weighted by molar-refractivity contribution is 0.147. The van der Waals surface area contributed by atoms with Crippen molar-refractivity contribution in [3.63, 3.8) is 0 Å². The van der Waals surface area contributed by atoms with Crippen molar-refractivity contribution in [1.29, 1.82) is 0 Å². The van der Waals surface area contributed by atoms with Crippen LogP contribution < -0.4 is 5.73 Å². The van der Waals surface area contributed by atoms with E-state index in [9.17, 15) is 4.79 Å². The van der Waals surface area contributed by atoms with Gasteiger partial charge in [-0.15, -0.1) is 11.8 Å². The van der Waals surface area contributed by atoms with Gasteiger partial charge < -0.3 is 10.5 Å². The molecule has 0 heterocycles. The van der Waals surface area contributed by atoms with Crippen molar-refractivity contribution in [2.24, 2.45) is 23.5 Å². The lowest BCUT2D eigenvalue weighted by Crippen LogP contribution is -2.15. The normalized spacial score (nSPS) is 34.1. The topological polar surface area (TPSA) is 52.3 Å². The van der Waals surface area contributed by atoms with Gasteiger partial charge in [-0.05, 0) is 30.6 Å². The molecule has 1 fully saturated rings. The van der Waals surface area contributed by atoms with E-state index in [1.54, 1.807) is 0 Å². The van der Waals surface area contributed by atoms with Crippen molar-refractivity contribution in [1.82, 2.24) is 0 Å². The highest BCUT2D eigenvalue weighted by atomic mass is 16.5. The van der Waals surface area contributed by atoms with Gasteiger partial charge in [-0.3, -0.25) is 0 Å². The van der Waals surface area contributed by atoms with Gasteiger partial charge in [-0.25, -0.2) is 4.79 Å². The van der Waals surface area contributed by atoms with Crippen molar-refractivity contribution in [2.75, 3.05) is 6.61 Å². The molecule has 2 N–H and O–H groups in total. The molecule has 2 unspecified atom stereocenters. The Kier molecular flexibility index (Phi) is 2.62. The molecule has 1 saturated carbocycles. The van der Waals surface area contributed by atoms with E-state index < -0.39 is 6.09 Å². The first-order valence-corrected chi connectivity index (χ1v) is 5.17. The average Bonchev–Trinajstić information content (AvgIpc) is 2.72. The second kappa shape index (κ2) is 3.91. The number of carbonyl (C=O) groups excluding carboxylic acids is 1. The number of carbonyl (C=O) groups is 1. The number of ether oxygens (including phenoxy) is 1. The summed E-state index contributed by atoms with van der Waals surface area (Å²) in [5.41, 5.74) is 4.93. The van der Waals surface area contributed by atoms with Crippen LogP contribution in [0.15, 0.2) is 0 Å². The summed E-state index contributed by atoms with van der Waals surface area (Å²) >= 11 is 0. The van der Waals surface area contributed by atoms with Gasteiger partial charge in [0.05, 0.1) is 6.61 Å². The monoisotopic (exact) mass is 193 g/mol. The maximum Gasteiger partial charge on any atom is 0.404 e. The number of amides is 1. The molecule has 1 amide bonds. The van der Waals surface area contributed by atoms with Gasteiger partial charge in [-0.1, -0.05) is 0 Å². The third kappa shape index (κ3) is 2.01. The molecule has 3 heteroatoms. The van der Waals surface area contributed by atoms with Crippen LogP contribution in [-0.4, -0.2) is 12.7 Å². The Morgan fingerprint density at radius 3 is 2.36 bits per heavy atom. The standard InChI is InChI=1S/C11H15NO2/c12-11(13)14-7-10-8-5-3-1-2-4-6-9(8)10/h8-10H,3-7H2,(H2,12,13)/t8-,9?,10?/m0/s1. The minimum atomic E-state index is -0.652. The zero-order valence-electron chi connectivity index (χ0n) is 8.16. The molecular formula is C11H15NO2. The van der Waals surface area contributed by atoms with Crippen molar-refractivity contribution in [3.8, 4) is 11.8 Å². The first-order chi connectivity index (χ1) is 6.79. The lowest BCUT2D eigenvalue weighted by atomic mass is 10.1. The van der Waals surface area contributed by atoms with Gasteiger partial charge in [0.2, 0.25) is 0 Å². The summed E-state index contributed by atoms with van der Waals surface area (Å²) in [4.78, 5) is 10.4. The van der Waals surface area contributed by atoms with Crippen molar-refractivity contribution in [3.05, 3.63) is 0 Å². The van der Waals surface area contributed by atoms with E-state index in [0.29, 0.717) is 12.5 Å². The Labute approximate surface area is 84.0 Å². The SMILES string of the molecule is NC(=O)OCC1C2CCC#CCC[C@@H]21. The summed E-state index contributed by atoms with van der Waals surface area (Å²) < 4.78 is 4.84. The second-order valence-electron chi connectivity index (χ2n) is 4.05. The molecule has 3 nitrogen and oxygen atoms in total. The van der Waals surface area contributed by atoms with E-state index in [0.717, 1.165) is 37.5 Å². The summed E-state index contributed by atoms with van der Waals surface area (Å²) in [7, 11) is 0. The average molecular weight is 193 g/mol. The molecule has 14 heavy (non-hydrogen) atoms. The summed E-state index contributed by atoms with van der Waals surface area (Å²) in [6.07, 6.45) is 3.65. The van der Waals surface area contributed by atoms with Gasteiger partial charge in [0.25, 0.3) is 0 Å². The van der Waals surface area contributed by atoms with E-state index in [2.05, 4.69) is 11.8 Å². The number of fused-ring (bicyclic) bond motifs is 1. The first-order valence-electron chi connectivity index (χ1n) is 5.17. The van der Waals surface area contributed by atoms with E-state index in [1.807, 2.05) is 0 Å². The largest absolute Gasteiger partial charge is 0.449 e. The second-order valence-corrected chi connectivity index (χ2v) is 4.05. The number of rotatable bonds is 2. The quantitative estimate of drug-likeness (QED) is 0.676. The number of nitrogens with two attached hydrogens (primary N) is 1. The smallest absolute Gasteiger partial charge is 0.404 e. The van der Waals surface area contributed by atoms with E-state index in [-0.39, 0.29) is 0 Å². The van der Waals surface area contributed by atoms with Crippen LogP contribution in [0.25, 0.3) is 0 Å². The van der Waals surface area contributed by atoms with E-state index in [1.165, 1.54) is 0 Å². The van der Waals surface area contributed by atoms with Crippen LogP contribution in [0.5, 0.6) is 0 Å². The molecule has 3 atom stereocenters. The third-order valence-corrected chi connectivity index (χ3v) is 3.26. The van der Waals surface area contributed by atoms with Crippen LogP contribution in [0.2, 0.25) is 0 Å². The molecule has 0 saturated heterocycles. The molecule has 0 radical (unpaired) electrons. The Hall–Kier alpha value is -1.17. The number of hydrogen-bond acceptors (Lipinski definition) is 2. The fourth-order valence-electron chi connectivity index (χ4n) is 2.46. The first kappa shape index (κ1) is 9.39. The van der Waals surface area contributed by atoms with E-state index >= 15 is 0 Å². The number of hydrogen-bond donors (Lipinski definition) is 1. The Balaban J connectivity index is 1.79. The molecule has 2 aliphatic carbocycles. The zero-order chi connectivity index (χ0) is 9.97. The summed E-state index contributed by atoms with van der Waals surface area (Å²) in [6, 6.07) is 0. The lowest BCUT2D eigenvalue weighted by Gasteiger charge is -1.98. The number of primary amides is 1. The highest BCUT2D eigenvalue weighted by Crippen LogP contribution is 2.52. The van der Waals surface area contributed by atoms with Gasteiger partial charge in [0, 0.05) is 12.8 Å². The Bertz CT molecular complexity index is 271. The maximum absolute atomic E-state index is 10.4. The molecule has 0 aromatic heterocycles. The van der Waals surface area contributed by atoms with Gasteiger partial charge in [0.15, 0.2) is 0 Å². The molecule has 0 aromatic rings. The summed E-state index contributed by atoms with van der Waals surface area (Å²) in [6.45, 7) is 0.505. The van der Waals surface area contributed by atoms with Crippen LogP contribution in [0, 0.1) is 29.6 Å². The van der Waals surface area contributed by atoms with Crippen LogP contribution in [0.3, 0.4) is 0 Å². The maximum atomic E-state index is 10.4. The fourth-order valence-corrected chi connectivity index (χ4v) is 2.46. The zero-order valence-corrected chi connectivity index (χ0v) is 8.16. The van der Waals surface area contributed by atoms with Crippen molar-refractivity contribution < 1.29 is 9.53 Å². The molecule has 0 aliphatic heterocycles. The highest BCUT2D eigenvalue weighted by Gasteiger charge is 2.49. The minimum absolute atomic E-state index is 0.505. The van der Waals surface area contributed by atoms with E-state index in [4.69, 9.17) is 10.5 Å². The predicted octanol–water partition coefficient (Wildman–Crippen LogP) is 1.52. The molecular weight excluding hydrogens is 178 g/mol. The fraction of sp³-hybridized carbons (Fsp3) is 0.727. The Morgan fingerprint density at radius 2 is 1.86 bits per heavy atom. The Morgan fingerprint density at radius 1 is 1.29 bits per heavy atom. The van der Waals surface area contributed by atoms with Crippen LogP contribution in [0.1, 0.15) is 25.7 Å². The molecule has 0 spiro atoms. The summed E-state index contributed by atoms with van der Waals surface area (Å²) in [5.74, 6) is 8.29. The van der Waals surface area contributed by atoms with Crippen LogP contribution >= 0.6 is 0 Å². The molecule has 0 aromatic carbocycles. The van der Waals surface area contributed by atoms with Crippen LogP contribution in [-0.2, 0) is 4.74 Å². The third-order valence-electron chi connectivity index (χ3n) is 3.26. The molecule has 2 rings (SSSR count). The highest BCUT2D eigenvalue weighted by molar-refractivity contribution is 5.64. The predicted molar refractivity (Wildman–Crippen MR) is 52.2 cm³/mol. The van der Waals surface area contributed by atoms with Crippen LogP contribution in [0.4, 0.5) is 4.79 Å². The van der Waals surface area contributed by atoms with Crippen molar-refractivity contribution >= 4 is 6.09 Å². The molecule has 76 valence electrons.